The Morgan fingerprint density at radius 3 is 2.17 bits per heavy atom. The van der Waals surface area contributed by atoms with Gasteiger partial charge >= 0.3 is 12.1 Å². The summed E-state index contributed by atoms with van der Waals surface area (Å²) in [6, 6.07) is 0. The quantitative estimate of drug-likeness (QED) is 0.616. The van der Waals surface area contributed by atoms with E-state index in [0.717, 1.165) is 0 Å². The molecule has 0 radical (unpaired) electrons. The molecule has 0 spiro atoms. The van der Waals surface area contributed by atoms with Crippen molar-refractivity contribution in [1.29, 1.82) is 0 Å². The van der Waals surface area contributed by atoms with Crippen molar-refractivity contribution in [3.8, 4) is 0 Å². The van der Waals surface area contributed by atoms with E-state index in [4.69, 9.17) is 0 Å². The zero-order valence-corrected chi connectivity index (χ0v) is 6.27. The van der Waals surface area contributed by atoms with Crippen molar-refractivity contribution in [3.63, 3.8) is 0 Å². The Kier molecular flexibility index (Phi) is 3.72. The van der Waals surface area contributed by atoms with Crippen LogP contribution in [0.4, 0.5) is 13.2 Å². The first-order chi connectivity index (χ1) is 5.38. The van der Waals surface area contributed by atoms with Gasteiger partial charge in [-0.1, -0.05) is 6.92 Å². The molecule has 0 N–H and O–H groups in total. The molecule has 0 aliphatic rings. The first-order valence-corrected chi connectivity index (χ1v) is 3.13. The van der Waals surface area contributed by atoms with Gasteiger partial charge in [0.15, 0.2) is 5.78 Å². The number of rotatable bonds is 3. The minimum atomic E-state index is -5.02. The summed E-state index contributed by atoms with van der Waals surface area (Å²) < 4.78 is 37.9. The SMILES string of the molecule is CCC(=O)COC(=O)C(F)(F)F. The Morgan fingerprint density at radius 2 is 1.83 bits per heavy atom. The van der Waals surface area contributed by atoms with Crippen LogP contribution in [-0.2, 0) is 14.3 Å². The number of ether oxygens (including phenoxy) is 1. The van der Waals surface area contributed by atoms with E-state index >= 15 is 0 Å². The lowest BCUT2D eigenvalue weighted by atomic mass is 10.3. The van der Waals surface area contributed by atoms with Crippen LogP contribution in [0.3, 0.4) is 0 Å². The van der Waals surface area contributed by atoms with Crippen LogP contribution in [0, 0.1) is 0 Å². The van der Waals surface area contributed by atoms with E-state index < -0.39 is 24.5 Å². The summed E-state index contributed by atoms with van der Waals surface area (Å²) >= 11 is 0. The maximum atomic E-state index is 11.4. The smallest absolute Gasteiger partial charge is 0.451 e. The average molecular weight is 184 g/mol. The van der Waals surface area contributed by atoms with Crippen LogP contribution in [0.25, 0.3) is 0 Å². The number of esters is 1. The molecule has 0 saturated heterocycles. The first-order valence-electron chi connectivity index (χ1n) is 3.13. The summed E-state index contributed by atoms with van der Waals surface area (Å²) in [5, 5.41) is 0. The van der Waals surface area contributed by atoms with Crippen LogP contribution in [0.5, 0.6) is 0 Å². The second-order valence-electron chi connectivity index (χ2n) is 1.97. The molecule has 0 bridgehead atoms. The van der Waals surface area contributed by atoms with E-state index in [-0.39, 0.29) is 6.42 Å². The fourth-order valence-electron chi connectivity index (χ4n) is 0.330. The Hall–Kier alpha value is -1.07. The van der Waals surface area contributed by atoms with Crippen LogP contribution in [-0.4, -0.2) is 24.5 Å². The lowest BCUT2D eigenvalue weighted by molar-refractivity contribution is -0.199. The van der Waals surface area contributed by atoms with Gasteiger partial charge in [0.05, 0.1) is 0 Å². The van der Waals surface area contributed by atoms with Crippen molar-refractivity contribution in [1.82, 2.24) is 0 Å². The number of halogens is 3. The van der Waals surface area contributed by atoms with Crippen LogP contribution in [0.1, 0.15) is 13.3 Å². The molecule has 0 aliphatic carbocycles. The Morgan fingerprint density at radius 1 is 1.33 bits per heavy atom. The molecule has 0 amide bonds. The lowest BCUT2D eigenvalue weighted by Crippen LogP contribution is -2.27. The van der Waals surface area contributed by atoms with Crippen LogP contribution < -0.4 is 0 Å². The predicted octanol–water partition coefficient (Wildman–Crippen LogP) is 1.07. The summed E-state index contributed by atoms with van der Waals surface area (Å²) in [5.41, 5.74) is 0. The molecule has 0 aliphatic heterocycles. The third-order valence-electron chi connectivity index (χ3n) is 0.990. The molecule has 0 aromatic heterocycles. The monoisotopic (exact) mass is 184 g/mol. The van der Waals surface area contributed by atoms with Gasteiger partial charge in [-0.3, -0.25) is 4.79 Å². The highest BCUT2D eigenvalue weighted by Gasteiger charge is 2.41. The third-order valence-corrected chi connectivity index (χ3v) is 0.990. The molecule has 0 saturated carbocycles. The normalized spacial score (nSPS) is 11.0. The van der Waals surface area contributed by atoms with Crippen molar-refractivity contribution in [2.24, 2.45) is 0 Å². The molecule has 0 aromatic rings. The Balaban J connectivity index is 3.81. The van der Waals surface area contributed by atoms with E-state index in [1.165, 1.54) is 6.92 Å². The minimum absolute atomic E-state index is 0.0468. The van der Waals surface area contributed by atoms with Crippen molar-refractivity contribution >= 4 is 11.8 Å². The van der Waals surface area contributed by atoms with Gasteiger partial charge in [0.2, 0.25) is 0 Å². The fraction of sp³-hybridized carbons (Fsp3) is 0.667. The highest BCUT2D eigenvalue weighted by Crippen LogP contribution is 2.16. The summed E-state index contributed by atoms with van der Waals surface area (Å²) in [5.74, 6) is -2.88. The molecule has 0 heterocycles. The molecule has 0 atom stereocenters. The van der Waals surface area contributed by atoms with Gasteiger partial charge in [0.1, 0.15) is 6.61 Å². The van der Waals surface area contributed by atoms with Crippen molar-refractivity contribution < 1.29 is 27.5 Å². The largest absolute Gasteiger partial charge is 0.490 e. The summed E-state index contributed by atoms with van der Waals surface area (Å²) in [6.07, 6.45) is -4.97. The van der Waals surface area contributed by atoms with E-state index in [1.54, 1.807) is 0 Å². The highest BCUT2D eigenvalue weighted by atomic mass is 19.4. The van der Waals surface area contributed by atoms with Gasteiger partial charge in [-0.2, -0.15) is 13.2 Å². The second-order valence-corrected chi connectivity index (χ2v) is 1.97. The number of Topliss-reactive ketones (excluding diaryl/α,β-unsaturated/α-hetero) is 1. The molecule has 12 heavy (non-hydrogen) atoms. The summed E-state index contributed by atoms with van der Waals surface area (Å²) in [4.78, 5) is 20.4. The van der Waals surface area contributed by atoms with Gasteiger partial charge in [0.25, 0.3) is 0 Å². The zero-order chi connectivity index (χ0) is 9.78. The topological polar surface area (TPSA) is 43.4 Å². The molecule has 0 aromatic carbocycles. The minimum Gasteiger partial charge on any atom is -0.451 e. The van der Waals surface area contributed by atoms with Gasteiger partial charge in [-0.25, -0.2) is 4.79 Å². The number of carbonyl (C=O) groups is 2. The molecule has 0 rings (SSSR count). The number of ketones is 1. The zero-order valence-electron chi connectivity index (χ0n) is 6.27. The van der Waals surface area contributed by atoms with Gasteiger partial charge in [-0.15, -0.1) is 0 Å². The molecule has 6 heteroatoms. The van der Waals surface area contributed by atoms with E-state index in [0.29, 0.717) is 0 Å². The second kappa shape index (κ2) is 4.08. The van der Waals surface area contributed by atoms with Crippen LogP contribution >= 0.6 is 0 Å². The Bertz CT molecular complexity index is 185. The average Bonchev–Trinajstić information content (AvgIpc) is 1.97. The molecular weight excluding hydrogens is 177 g/mol. The number of alkyl halides is 3. The number of hydrogen-bond acceptors (Lipinski definition) is 3. The molecule has 0 fully saturated rings. The van der Waals surface area contributed by atoms with Crippen molar-refractivity contribution in [2.45, 2.75) is 19.5 Å². The van der Waals surface area contributed by atoms with Crippen molar-refractivity contribution in [3.05, 3.63) is 0 Å². The number of carbonyl (C=O) groups excluding carboxylic acids is 2. The fourth-order valence-corrected chi connectivity index (χ4v) is 0.330. The van der Waals surface area contributed by atoms with Gasteiger partial charge < -0.3 is 4.74 Å². The molecule has 3 nitrogen and oxygen atoms in total. The molecular formula is C6H7F3O3. The summed E-state index contributed by atoms with van der Waals surface area (Å²) in [6.45, 7) is 0.651. The third kappa shape index (κ3) is 3.95. The highest BCUT2D eigenvalue weighted by molar-refractivity contribution is 5.83. The summed E-state index contributed by atoms with van der Waals surface area (Å²) in [7, 11) is 0. The predicted molar refractivity (Wildman–Crippen MR) is 32.3 cm³/mol. The maximum Gasteiger partial charge on any atom is 0.490 e. The van der Waals surface area contributed by atoms with Crippen LogP contribution in [0.2, 0.25) is 0 Å². The van der Waals surface area contributed by atoms with Gasteiger partial charge in [0, 0.05) is 6.42 Å². The number of hydrogen-bond donors (Lipinski definition) is 0. The van der Waals surface area contributed by atoms with E-state index in [2.05, 4.69) is 4.74 Å². The van der Waals surface area contributed by atoms with Crippen LogP contribution in [0.15, 0.2) is 0 Å². The first kappa shape index (κ1) is 10.9. The van der Waals surface area contributed by atoms with Crippen molar-refractivity contribution in [2.75, 3.05) is 6.61 Å². The maximum absolute atomic E-state index is 11.4. The van der Waals surface area contributed by atoms with E-state index in [9.17, 15) is 22.8 Å². The van der Waals surface area contributed by atoms with E-state index in [1.807, 2.05) is 0 Å². The standard InChI is InChI=1S/C6H7F3O3/c1-2-4(10)3-12-5(11)6(7,8)9/h2-3H2,1H3. The lowest BCUT2D eigenvalue weighted by Gasteiger charge is -2.04. The molecule has 0 unspecified atom stereocenters. The Labute approximate surface area is 66.5 Å². The molecule has 70 valence electrons. The van der Waals surface area contributed by atoms with Gasteiger partial charge in [-0.05, 0) is 0 Å².